The second-order valence-corrected chi connectivity index (χ2v) is 3.30. The van der Waals surface area contributed by atoms with Crippen molar-refractivity contribution in [2.75, 3.05) is 6.61 Å². The molecule has 0 aromatic heterocycles. The van der Waals surface area contributed by atoms with Crippen LogP contribution in [-0.4, -0.2) is 19.2 Å². The minimum atomic E-state index is -2.99. The van der Waals surface area contributed by atoms with Crippen molar-refractivity contribution in [3.8, 4) is 5.75 Å². The Bertz CT molecular complexity index is 382. The predicted octanol–water partition coefficient (Wildman–Crippen LogP) is 2.75. The van der Waals surface area contributed by atoms with Crippen LogP contribution in [-0.2, 0) is 4.74 Å². The van der Waals surface area contributed by atoms with Gasteiger partial charge in [-0.2, -0.15) is 8.78 Å². The summed E-state index contributed by atoms with van der Waals surface area (Å²) in [4.78, 5) is 11.9. The summed E-state index contributed by atoms with van der Waals surface area (Å²) in [5.41, 5.74) is -0.0605. The maximum absolute atomic E-state index is 12.1. The third-order valence-corrected chi connectivity index (χ3v) is 1.95. The highest BCUT2D eigenvalue weighted by molar-refractivity contribution is 7.80. The first kappa shape index (κ1) is 12.8. The molecule has 0 radical (unpaired) electrons. The van der Waals surface area contributed by atoms with E-state index in [-0.39, 0.29) is 17.9 Å². The molecule has 0 N–H and O–H groups in total. The molecule has 0 aliphatic carbocycles. The van der Waals surface area contributed by atoms with E-state index in [1.54, 1.807) is 6.92 Å². The van der Waals surface area contributed by atoms with Gasteiger partial charge >= 0.3 is 12.6 Å². The van der Waals surface area contributed by atoms with E-state index in [0.717, 1.165) is 0 Å². The van der Waals surface area contributed by atoms with Crippen LogP contribution in [0.2, 0.25) is 0 Å². The smallest absolute Gasteiger partial charge is 0.387 e. The molecular formula is C10H10F2O3S. The molecule has 0 spiro atoms. The fourth-order valence-electron chi connectivity index (χ4n) is 1.09. The zero-order chi connectivity index (χ0) is 12.1. The highest BCUT2D eigenvalue weighted by Gasteiger charge is 2.16. The number of benzene rings is 1. The zero-order valence-electron chi connectivity index (χ0n) is 8.44. The van der Waals surface area contributed by atoms with Crippen LogP contribution in [0.4, 0.5) is 8.78 Å². The van der Waals surface area contributed by atoms with Gasteiger partial charge in [-0.05, 0) is 25.1 Å². The number of rotatable bonds is 4. The molecule has 0 saturated heterocycles. The number of esters is 1. The second-order valence-electron chi connectivity index (χ2n) is 2.78. The summed E-state index contributed by atoms with van der Waals surface area (Å²) in [5.74, 6) is -0.930. The van der Waals surface area contributed by atoms with Crippen LogP contribution >= 0.6 is 12.6 Å². The van der Waals surface area contributed by atoms with Crippen molar-refractivity contribution >= 4 is 18.6 Å². The van der Waals surface area contributed by atoms with Gasteiger partial charge in [-0.15, -0.1) is 12.6 Å². The number of carbonyl (C=O) groups is 1. The lowest BCUT2D eigenvalue weighted by molar-refractivity contribution is -0.0504. The van der Waals surface area contributed by atoms with Crippen molar-refractivity contribution in [3.63, 3.8) is 0 Å². The third kappa shape index (κ3) is 3.37. The molecule has 0 fully saturated rings. The van der Waals surface area contributed by atoms with E-state index < -0.39 is 12.6 Å². The number of thiol groups is 1. The molecule has 3 nitrogen and oxygen atoms in total. The first-order valence-electron chi connectivity index (χ1n) is 4.49. The van der Waals surface area contributed by atoms with Crippen molar-refractivity contribution < 1.29 is 23.0 Å². The molecule has 0 saturated carbocycles. The van der Waals surface area contributed by atoms with Gasteiger partial charge in [0.2, 0.25) is 0 Å². The molecular weight excluding hydrogens is 238 g/mol. The Morgan fingerprint density at radius 2 is 2.19 bits per heavy atom. The molecule has 1 rings (SSSR count). The summed E-state index contributed by atoms with van der Waals surface area (Å²) >= 11 is 4.00. The minimum absolute atomic E-state index is 0.0605. The molecule has 1 aromatic rings. The number of ether oxygens (including phenoxy) is 2. The van der Waals surface area contributed by atoms with E-state index in [9.17, 15) is 13.6 Å². The summed E-state index contributed by atoms with van der Waals surface area (Å²) in [5, 5.41) is 0. The Hall–Kier alpha value is -1.30. The van der Waals surface area contributed by atoms with Crippen LogP contribution < -0.4 is 4.74 Å². The Morgan fingerprint density at radius 1 is 1.50 bits per heavy atom. The number of carbonyl (C=O) groups excluding carboxylic acids is 1. The summed E-state index contributed by atoms with van der Waals surface area (Å²) in [6.45, 7) is -1.21. The molecule has 0 atom stereocenters. The Labute approximate surface area is 96.8 Å². The molecule has 0 bridgehead atoms. The van der Waals surface area contributed by atoms with E-state index in [1.807, 2.05) is 0 Å². The van der Waals surface area contributed by atoms with Crippen LogP contribution in [0.5, 0.6) is 5.75 Å². The fraction of sp³-hybridized carbons (Fsp3) is 0.300. The average molecular weight is 248 g/mol. The Kier molecular flexibility index (Phi) is 4.54. The normalized spacial score (nSPS) is 10.3. The monoisotopic (exact) mass is 248 g/mol. The highest BCUT2D eigenvalue weighted by Crippen LogP contribution is 2.24. The highest BCUT2D eigenvalue weighted by atomic mass is 32.1. The van der Waals surface area contributed by atoms with Crippen molar-refractivity contribution in [2.45, 2.75) is 18.4 Å². The SMILES string of the molecule is CCOC(=O)c1cc(S)ccc1OC(F)F. The van der Waals surface area contributed by atoms with Crippen LogP contribution in [0.1, 0.15) is 17.3 Å². The van der Waals surface area contributed by atoms with Gasteiger partial charge in [0.15, 0.2) is 0 Å². The molecule has 88 valence electrons. The fourth-order valence-corrected chi connectivity index (χ4v) is 1.29. The summed E-state index contributed by atoms with van der Waals surface area (Å²) in [6, 6.07) is 4.02. The lowest BCUT2D eigenvalue weighted by Crippen LogP contribution is -2.10. The molecule has 0 unspecified atom stereocenters. The number of hydrogen-bond donors (Lipinski definition) is 1. The van der Waals surface area contributed by atoms with Gasteiger partial charge in [0.05, 0.1) is 6.61 Å². The molecule has 6 heteroatoms. The van der Waals surface area contributed by atoms with Gasteiger partial charge < -0.3 is 9.47 Å². The van der Waals surface area contributed by atoms with E-state index in [4.69, 9.17) is 4.74 Å². The number of halogens is 2. The van der Waals surface area contributed by atoms with Gasteiger partial charge in [0.25, 0.3) is 0 Å². The third-order valence-electron chi connectivity index (χ3n) is 1.67. The number of hydrogen-bond acceptors (Lipinski definition) is 4. The lowest BCUT2D eigenvalue weighted by atomic mass is 10.2. The van der Waals surface area contributed by atoms with Crippen molar-refractivity contribution in [2.24, 2.45) is 0 Å². The van der Waals surface area contributed by atoms with Gasteiger partial charge in [-0.3, -0.25) is 0 Å². The van der Waals surface area contributed by atoms with Gasteiger partial charge in [-0.25, -0.2) is 4.79 Å². The summed E-state index contributed by atoms with van der Waals surface area (Å²) < 4.78 is 33.0. The van der Waals surface area contributed by atoms with Gasteiger partial charge in [0.1, 0.15) is 11.3 Å². The van der Waals surface area contributed by atoms with Crippen LogP contribution in [0.15, 0.2) is 23.1 Å². The summed E-state index contributed by atoms with van der Waals surface area (Å²) in [6.07, 6.45) is 0. The molecule has 0 heterocycles. The molecule has 0 aliphatic rings. The maximum atomic E-state index is 12.1. The molecule has 1 aromatic carbocycles. The van der Waals surface area contributed by atoms with Crippen LogP contribution in [0.25, 0.3) is 0 Å². The summed E-state index contributed by atoms with van der Waals surface area (Å²) in [7, 11) is 0. The molecule has 16 heavy (non-hydrogen) atoms. The van der Waals surface area contributed by atoms with Crippen LogP contribution in [0, 0.1) is 0 Å². The number of alkyl halides is 2. The largest absolute Gasteiger partial charge is 0.462 e. The van der Waals surface area contributed by atoms with Gasteiger partial charge in [-0.1, -0.05) is 0 Å². The van der Waals surface area contributed by atoms with Crippen molar-refractivity contribution in [3.05, 3.63) is 23.8 Å². The van der Waals surface area contributed by atoms with Crippen LogP contribution in [0.3, 0.4) is 0 Å². The van der Waals surface area contributed by atoms with E-state index in [2.05, 4.69) is 17.4 Å². The lowest BCUT2D eigenvalue weighted by Gasteiger charge is -2.10. The standard InChI is InChI=1S/C10H10F2O3S/c1-2-14-9(13)7-5-6(16)3-4-8(7)15-10(11)12/h3-5,10,16H,2H2,1H3. The molecule has 0 aliphatic heterocycles. The average Bonchev–Trinajstić information content (AvgIpc) is 2.20. The van der Waals surface area contributed by atoms with Crippen molar-refractivity contribution in [1.82, 2.24) is 0 Å². The second kappa shape index (κ2) is 5.69. The minimum Gasteiger partial charge on any atom is -0.462 e. The quantitative estimate of drug-likeness (QED) is 0.657. The maximum Gasteiger partial charge on any atom is 0.387 e. The van der Waals surface area contributed by atoms with Gasteiger partial charge in [0, 0.05) is 4.90 Å². The van der Waals surface area contributed by atoms with E-state index >= 15 is 0 Å². The van der Waals surface area contributed by atoms with E-state index in [1.165, 1.54) is 18.2 Å². The topological polar surface area (TPSA) is 35.5 Å². The van der Waals surface area contributed by atoms with Crippen molar-refractivity contribution in [1.29, 1.82) is 0 Å². The molecule has 0 amide bonds. The predicted molar refractivity (Wildman–Crippen MR) is 56.3 cm³/mol. The first-order chi connectivity index (χ1) is 7.54. The first-order valence-corrected chi connectivity index (χ1v) is 4.94. The Morgan fingerprint density at radius 3 is 2.75 bits per heavy atom. The van der Waals surface area contributed by atoms with E-state index in [0.29, 0.717) is 4.90 Å². The zero-order valence-corrected chi connectivity index (χ0v) is 9.34. The Balaban J connectivity index is 3.02.